The minimum atomic E-state index is -3.64. The maximum absolute atomic E-state index is 12.7. The van der Waals surface area contributed by atoms with Gasteiger partial charge in [-0.3, -0.25) is 0 Å². The first kappa shape index (κ1) is 15.3. The van der Waals surface area contributed by atoms with Crippen LogP contribution < -0.4 is 0 Å². The first-order valence-electron chi connectivity index (χ1n) is 6.94. The number of esters is 1. The molecule has 3 rings (SSSR count). The van der Waals surface area contributed by atoms with E-state index in [1.807, 2.05) is 6.92 Å². The highest BCUT2D eigenvalue weighted by Gasteiger charge is 2.20. The number of rotatable bonds is 3. The smallest absolute Gasteiger partial charge is 0.340 e. The summed E-state index contributed by atoms with van der Waals surface area (Å²) in [5.41, 5.74) is 1.97. The molecule has 0 aliphatic heterocycles. The lowest BCUT2D eigenvalue weighted by atomic mass is 10.2. The van der Waals surface area contributed by atoms with Crippen molar-refractivity contribution < 1.29 is 17.9 Å². The molecule has 0 bridgehead atoms. The fourth-order valence-electron chi connectivity index (χ4n) is 2.40. The Kier molecular flexibility index (Phi) is 3.69. The number of fused-ring (bicyclic) bond motifs is 1. The summed E-state index contributed by atoms with van der Waals surface area (Å²) in [6, 6.07) is 11.3. The number of sulfone groups is 1. The molecule has 118 valence electrons. The highest BCUT2D eigenvalue weighted by Crippen LogP contribution is 2.27. The van der Waals surface area contributed by atoms with Crippen LogP contribution in [0.2, 0.25) is 0 Å². The van der Waals surface area contributed by atoms with Crippen LogP contribution in [0.3, 0.4) is 0 Å². The zero-order chi connectivity index (χ0) is 16.6. The molecule has 3 aromatic rings. The van der Waals surface area contributed by atoms with Gasteiger partial charge in [-0.2, -0.15) is 0 Å². The normalized spacial score (nSPS) is 11.6. The minimum absolute atomic E-state index is 0.138. The zero-order valence-corrected chi connectivity index (χ0v) is 13.5. The maximum atomic E-state index is 12.7. The molecule has 0 aliphatic carbocycles. The van der Waals surface area contributed by atoms with Crippen LogP contribution in [0.15, 0.2) is 58.5 Å². The molecular weight excluding hydrogens is 314 g/mol. The number of hydrogen-bond donors (Lipinski definition) is 1. The van der Waals surface area contributed by atoms with Gasteiger partial charge in [-0.05, 0) is 37.3 Å². The number of aromatic nitrogens is 1. The van der Waals surface area contributed by atoms with E-state index in [1.54, 1.807) is 30.3 Å². The Morgan fingerprint density at radius 2 is 1.70 bits per heavy atom. The van der Waals surface area contributed by atoms with Crippen molar-refractivity contribution in [3.63, 3.8) is 0 Å². The molecule has 23 heavy (non-hydrogen) atoms. The summed E-state index contributed by atoms with van der Waals surface area (Å²) in [4.78, 5) is 15.1. The molecule has 0 saturated heterocycles. The maximum Gasteiger partial charge on any atom is 0.340 e. The topological polar surface area (TPSA) is 76.2 Å². The first-order chi connectivity index (χ1) is 10.9. The second-order valence-corrected chi connectivity index (χ2v) is 7.17. The number of ether oxygens (including phenoxy) is 1. The molecule has 0 radical (unpaired) electrons. The Hall–Kier alpha value is -2.60. The van der Waals surface area contributed by atoms with E-state index in [-0.39, 0.29) is 9.79 Å². The van der Waals surface area contributed by atoms with Gasteiger partial charge in [0.05, 0.1) is 22.5 Å². The lowest BCUT2D eigenvalue weighted by molar-refractivity contribution is 0.0603. The molecular formula is C17H15NO4S. The Morgan fingerprint density at radius 1 is 1.04 bits per heavy atom. The number of methoxy groups -OCH3 is 1. The van der Waals surface area contributed by atoms with Crippen LogP contribution in [0.5, 0.6) is 0 Å². The summed E-state index contributed by atoms with van der Waals surface area (Å²) in [5.74, 6) is -0.513. The molecule has 1 N–H and O–H groups in total. The van der Waals surface area contributed by atoms with Crippen LogP contribution >= 0.6 is 0 Å². The number of carbonyl (C=O) groups is 1. The molecule has 1 aromatic heterocycles. The van der Waals surface area contributed by atoms with E-state index in [1.165, 1.54) is 25.4 Å². The predicted molar refractivity (Wildman–Crippen MR) is 86.3 cm³/mol. The molecule has 5 nitrogen and oxygen atoms in total. The zero-order valence-electron chi connectivity index (χ0n) is 12.7. The summed E-state index contributed by atoms with van der Waals surface area (Å²) in [7, 11) is -2.35. The van der Waals surface area contributed by atoms with Crippen molar-refractivity contribution in [1.29, 1.82) is 0 Å². The van der Waals surface area contributed by atoms with Gasteiger partial charge in [-0.25, -0.2) is 13.2 Å². The predicted octanol–water partition coefficient (Wildman–Crippen LogP) is 3.10. The molecule has 0 spiro atoms. The van der Waals surface area contributed by atoms with Crippen molar-refractivity contribution >= 4 is 26.7 Å². The SMILES string of the molecule is COC(=O)c1c[nH]c2ccc(S(=O)(=O)c3ccc(C)cc3)cc12. The third-order valence-corrected chi connectivity index (χ3v) is 5.47. The molecule has 6 heteroatoms. The Bertz CT molecular complexity index is 985. The number of benzene rings is 2. The van der Waals surface area contributed by atoms with E-state index in [9.17, 15) is 13.2 Å². The number of nitrogens with one attached hydrogen (secondary N) is 1. The minimum Gasteiger partial charge on any atom is -0.465 e. The summed E-state index contributed by atoms with van der Waals surface area (Å²) in [6.45, 7) is 1.89. The van der Waals surface area contributed by atoms with Gasteiger partial charge in [0.1, 0.15) is 0 Å². The first-order valence-corrected chi connectivity index (χ1v) is 8.43. The van der Waals surface area contributed by atoms with E-state index >= 15 is 0 Å². The average molecular weight is 329 g/mol. The summed E-state index contributed by atoms with van der Waals surface area (Å²) in [6.07, 6.45) is 1.51. The van der Waals surface area contributed by atoms with Gasteiger partial charge in [0.15, 0.2) is 0 Å². The summed E-state index contributed by atoms with van der Waals surface area (Å²) < 4.78 is 30.2. The highest BCUT2D eigenvalue weighted by atomic mass is 32.2. The third-order valence-electron chi connectivity index (χ3n) is 3.70. The molecule has 0 fully saturated rings. The van der Waals surface area contributed by atoms with E-state index in [0.29, 0.717) is 16.5 Å². The van der Waals surface area contributed by atoms with Gasteiger partial charge in [-0.15, -0.1) is 0 Å². The van der Waals surface area contributed by atoms with Crippen LogP contribution in [0.1, 0.15) is 15.9 Å². The largest absolute Gasteiger partial charge is 0.465 e. The van der Waals surface area contributed by atoms with Gasteiger partial charge >= 0.3 is 5.97 Å². The van der Waals surface area contributed by atoms with Crippen LogP contribution in [-0.4, -0.2) is 26.5 Å². The standard InChI is InChI=1S/C17H15NO4S/c1-11-3-5-12(6-4-11)23(20,21)13-7-8-16-14(9-13)15(10-18-16)17(19)22-2/h3-10,18H,1-2H3. The van der Waals surface area contributed by atoms with Crippen LogP contribution in [0, 0.1) is 6.92 Å². The average Bonchev–Trinajstić information content (AvgIpc) is 2.97. The molecule has 0 saturated carbocycles. The third kappa shape index (κ3) is 2.61. The van der Waals surface area contributed by atoms with E-state index in [0.717, 1.165) is 5.56 Å². The Morgan fingerprint density at radius 3 is 2.35 bits per heavy atom. The van der Waals surface area contributed by atoms with Crippen LogP contribution in [0.25, 0.3) is 10.9 Å². The van der Waals surface area contributed by atoms with E-state index < -0.39 is 15.8 Å². The second kappa shape index (κ2) is 5.55. The lowest BCUT2D eigenvalue weighted by Crippen LogP contribution is -2.03. The number of H-pyrrole nitrogens is 1. The van der Waals surface area contributed by atoms with Crippen LogP contribution in [-0.2, 0) is 14.6 Å². The van der Waals surface area contributed by atoms with Gasteiger partial charge in [0, 0.05) is 17.1 Å². The summed E-state index contributed by atoms with van der Waals surface area (Å²) in [5, 5.41) is 0.519. The Labute approximate surface area is 133 Å². The van der Waals surface area contributed by atoms with Crippen molar-refractivity contribution in [2.75, 3.05) is 7.11 Å². The fraction of sp³-hybridized carbons (Fsp3) is 0.118. The van der Waals surface area contributed by atoms with Crippen molar-refractivity contribution in [2.24, 2.45) is 0 Å². The quantitative estimate of drug-likeness (QED) is 0.749. The van der Waals surface area contributed by atoms with Gasteiger partial charge in [-0.1, -0.05) is 17.7 Å². The molecule has 2 aromatic carbocycles. The second-order valence-electron chi connectivity index (χ2n) is 5.22. The van der Waals surface area contributed by atoms with Crippen molar-refractivity contribution in [3.05, 3.63) is 59.8 Å². The molecule has 0 atom stereocenters. The number of carbonyl (C=O) groups excluding carboxylic acids is 1. The van der Waals surface area contributed by atoms with Gasteiger partial charge in [0.25, 0.3) is 0 Å². The van der Waals surface area contributed by atoms with Crippen molar-refractivity contribution in [1.82, 2.24) is 4.98 Å². The van der Waals surface area contributed by atoms with Crippen molar-refractivity contribution in [2.45, 2.75) is 16.7 Å². The fourth-order valence-corrected chi connectivity index (χ4v) is 3.69. The van der Waals surface area contributed by atoms with Gasteiger partial charge in [0.2, 0.25) is 9.84 Å². The van der Waals surface area contributed by atoms with E-state index in [2.05, 4.69) is 4.98 Å². The number of hydrogen-bond acceptors (Lipinski definition) is 4. The lowest BCUT2D eigenvalue weighted by Gasteiger charge is -2.06. The highest BCUT2D eigenvalue weighted by molar-refractivity contribution is 7.91. The van der Waals surface area contributed by atoms with Crippen molar-refractivity contribution in [3.8, 4) is 0 Å². The number of aromatic amines is 1. The molecule has 0 aliphatic rings. The summed E-state index contributed by atoms with van der Waals surface area (Å²) >= 11 is 0. The van der Waals surface area contributed by atoms with Gasteiger partial charge < -0.3 is 9.72 Å². The number of aryl methyl sites for hydroxylation is 1. The monoisotopic (exact) mass is 329 g/mol. The van der Waals surface area contributed by atoms with E-state index in [4.69, 9.17) is 4.74 Å². The molecule has 1 heterocycles. The molecule has 0 unspecified atom stereocenters. The Balaban J connectivity index is 2.16. The van der Waals surface area contributed by atoms with Crippen LogP contribution in [0.4, 0.5) is 0 Å². The molecule has 0 amide bonds.